The van der Waals surface area contributed by atoms with E-state index in [1.165, 1.54) is 24.3 Å². The van der Waals surface area contributed by atoms with Crippen molar-refractivity contribution in [1.82, 2.24) is 14.8 Å². The van der Waals surface area contributed by atoms with E-state index in [0.717, 1.165) is 28.7 Å². The molecule has 0 saturated carbocycles. The molecule has 0 fully saturated rings. The second kappa shape index (κ2) is 10.2. The zero-order valence-electron chi connectivity index (χ0n) is 18.9. The Labute approximate surface area is 200 Å². The number of hydrogen-bond acceptors (Lipinski definition) is 6. The van der Waals surface area contributed by atoms with Crippen LogP contribution in [-0.4, -0.2) is 26.3 Å². The van der Waals surface area contributed by atoms with Crippen molar-refractivity contribution in [2.24, 2.45) is 0 Å². The second-order valence-corrected chi connectivity index (χ2v) is 8.73. The molecule has 2 heterocycles. The molecule has 0 saturated heterocycles. The van der Waals surface area contributed by atoms with E-state index in [2.05, 4.69) is 10.2 Å². The summed E-state index contributed by atoms with van der Waals surface area (Å²) in [5.74, 6) is -0.436. The van der Waals surface area contributed by atoms with E-state index in [4.69, 9.17) is 9.15 Å². The number of halogens is 2. The summed E-state index contributed by atoms with van der Waals surface area (Å²) in [6, 6.07) is 14.2. The number of aromatic nitrogens is 3. The smallest absolute Gasteiger partial charge is 0.277 e. The Balaban J connectivity index is 1.38. The van der Waals surface area contributed by atoms with Gasteiger partial charge in [0.25, 0.3) is 11.1 Å². The van der Waals surface area contributed by atoms with Crippen LogP contribution in [-0.2, 0) is 6.54 Å². The monoisotopic (exact) mass is 483 g/mol. The number of carbonyl (C=O) groups excluding carboxylic acids is 1. The summed E-state index contributed by atoms with van der Waals surface area (Å²) in [7, 11) is 0. The van der Waals surface area contributed by atoms with Gasteiger partial charge in [0.15, 0.2) is 23.5 Å². The van der Waals surface area contributed by atoms with Gasteiger partial charge in [-0.25, -0.2) is 8.78 Å². The van der Waals surface area contributed by atoms with E-state index in [1.54, 1.807) is 31.2 Å². The molecule has 4 aromatic rings. The van der Waals surface area contributed by atoms with Crippen molar-refractivity contribution in [3.8, 4) is 5.75 Å². The molecule has 0 amide bonds. The van der Waals surface area contributed by atoms with Crippen LogP contribution < -0.4 is 4.74 Å². The number of thioether (sulfide) groups is 1. The van der Waals surface area contributed by atoms with Crippen molar-refractivity contribution in [1.29, 1.82) is 0 Å². The van der Waals surface area contributed by atoms with Gasteiger partial charge in [0.05, 0.1) is 5.75 Å². The van der Waals surface area contributed by atoms with E-state index in [0.29, 0.717) is 12.1 Å². The topological polar surface area (TPSA) is 70.2 Å². The van der Waals surface area contributed by atoms with Crippen LogP contribution in [0.2, 0.25) is 0 Å². The first kappa shape index (κ1) is 23.7. The Bertz CT molecular complexity index is 1300. The molecule has 2 aromatic carbocycles. The highest BCUT2D eigenvalue weighted by molar-refractivity contribution is 7.99. The van der Waals surface area contributed by atoms with Crippen LogP contribution >= 0.6 is 11.8 Å². The van der Waals surface area contributed by atoms with Gasteiger partial charge in [-0.05, 0) is 56.7 Å². The van der Waals surface area contributed by atoms with Crippen molar-refractivity contribution in [2.45, 2.75) is 38.6 Å². The Morgan fingerprint density at radius 2 is 1.85 bits per heavy atom. The lowest BCUT2D eigenvalue weighted by atomic mass is 10.2. The largest absolute Gasteiger partial charge is 0.478 e. The molecular weight excluding hydrogens is 460 g/mol. The van der Waals surface area contributed by atoms with Crippen LogP contribution in [0.5, 0.6) is 5.75 Å². The van der Waals surface area contributed by atoms with E-state index < -0.39 is 11.9 Å². The van der Waals surface area contributed by atoms with Gasteiger partial charge >= 0.3 is 0 Å². The fourth-order valence-corrected chi connectivity index (χ4v) is 4.18. The molecule has 0 aliphatic rings. The summed E-state index contributed by atoms with van der Waals surface area (Å²) in [4.78, 5) is 12.9. The third kappa shape index (κ3) is 5.36. The van der Waals surface area contributed by atoms with E-state index >= 15 is 0 Å². The van der Waals surface area contributed by atoms with Crippen molar-refractivity contribution in [3.63, 3.8) is 0 Å². The SMILES string of the molecule is Cc1cc(C(=O)CSc2nnc(C(C)Oc3ccccc3F)o2)c(C)n1Cc1ccc(F)cc1. The lowest BCUT2D eigenvalue weighted by Gasteiger charge is -2.11. The molecular formula is C25H23F2N3O3S. The molecule has 0 N–H and O–H groups in total. The molecule has 176 valence electrons. The molecule has 4 rings (SSSR count). The Morgan fingerprint density at radius 1 is 1.12 bits per heavy atom. The van der Waals surface area contributed by atoms with Gasteiger partial charge in [-0.15, -0.1) is 10.2 Å². The number of hydrogen-bond donors (Lipinski definition) is 0. The summed E-state index contributed by atoms with van der Waals surface area (Å²) in [6.07, 6.45) is -0.653. The van der Waals surface area contributed by atoms with Gasteiger partial charge in [-0.1, -0.05) is 36.0 Å². The number of benzene rings is 2. The van der Waals surface area contributed by atoms with Crippen LogP contribution in [0.15, 0.2) is 64.2 Å². The number of carbonyl (C=O) groups is 1. The molecule has 2 aromatic heterocycles. The zero-order valence-corrected chi connectivity index (χ0v) is 19.7. The van der Waals surface area contributed by atoms with Crippen LogP contribution in [0.3, 0.4) is 0 Å². The normalized spacial score (nSPS) is 12.0. The number of para-hydroxylation sites is 1. The molecule has 9 heteroatoms. The predicted octanol–water partition coefficient (Wildman–Crippen LogP) is 5.93. The fourth-order valence-electron chi connectivity index (χ4n) is 3.53. The van der Waals surface area contributed by atoms with Gasteiger partial charge in [0.2, 0.25) is 0 Å². The Morgan fingerprint density at radius 3 is 2.59 bits per heavy atom. The lowest BCUT2D eigenvalue weighted by molar-refractivity contribution is 0.102. The summed E-state index contributed by atoms with van der Waals surface area (Å²) >= 11 is 1.13. The maximum absolute atomic E-state index is 13.8. The van der Waals surface area contributed by atoms with Crippen molar-refractivity contribution < 1.29 is 22.7 Å². The average molecular weight is 484 g/mol. The summed E-state index contributed by atoms with van der Waals surface area (Å²) in [6.45, 7) is 6.05. The Hall–Kier alpha value is -3.46. The van der Waals surface area contributed by atoms with Crippen LogP contribution in [0.4, 0.5) is 8.78 Å². The summed E-state index contributed by atoms with van der Waals surface area (Å²) in [5.41, 5.74) is 3.34. The third-order valence-corrected chi connectivity index (χ3v) is 6.18. The summed E-state index contributed by atoms with van der Waals surface area (Å²) in [5, 5.41) is 8.14. The average Bonchev–Trinajstić information content (AvgIpc) is 3.41. The highest BCUT2D eigenvalue weighted by Crippen LogP contribution is 2.27. The molecule has 0 spiro atoms. The standard InChI is InChI=1S/C25H23F2N3O3S/c1-15-12-20(16(2)30(15)13-18-8-10-19(26)11-9-18)22(31)14-34-25-29-28-24(33-25)17(3)32-23-7-5-4-6-21(23)27/h4-12,17H,13-14H2,1-3H3. The van der Waals surface area contributed by atoms with Crippen molar-refractivity contribution in [3.05, 3.63) is 94.6 Å². The predicted molar refractivity (Wildman–Crippen MR) is 124 cm³/mol. The molecule has 6 nitrogen and oxygen atoms in total. The minimum atomic E-state index is -0.653. The lowest BCUT2D eigenvalue weighted by Crippen LogP contribution is -2.07. The van der Waals surface area contributed by atoms with E-state index in [1.807, 2.05) is 24.5 Å². The minimum absolute atomic E-state index is 0.0705. The molecule has 0 aliphatic heterocycles. The number of nitrogens with zero attached hydrogens (tertiary/aromatic N) is 3. The first-order valence-corrected chi connectivity index (χ1v) is 11.6. The second-order valence-electron chi connectivity index (χ2n) is 7.81. The van der Waals surface area contributed by atoms with E-state index in [-0.39, 0.29) is 34.2 Å². The Kier molecular flexibility index (Phi) is 7.12. The number of ketones is 1. The zero-order chi connectivity index (χ0) is 24.2. The first-order valence-electron chi connectivity index (χ1n) is 10.6. The van der Waals surface area contributed by atoms with Gasteiger partial charge in [-0.2, -0.15) is 0 Å². The number of Topliss-reactive ketones (excluding diaryl/α,β-unsaturated/α-hetero) is 1. The number of ether oxygens (including phenoxy) is 1. The molecule has 0 radical (unpaired) electrons. The summed E-state index contributed by atoms with van der Waals surface area (Å²) < 4.78 is 40.2. The maximum Gasteiger partial charge on any atom is 0.277 e. The van der Waals surface area contributed by atoms with Crippen LogP contribution in [0.1, 0.15) is 46.2 Å². The number of aryl methyl sites for hydroxylation is 1. The van der Waals surface area contributed by atoms with Gasteiger partial charge in [-0.3, -0.25) is 4.79 Å². The fraction of sp³-hybridized carbons (Fsp3) is 0.240. The molecule has 1 unspecified atom stereocenters. The third-order valence-electron chi connectivity index (χ3n) is 5.36. The van der Waals surface area contributed by atoms with Crippen molar-refractivity contribution in [2.75, 3.05) is 5.75 Å². The van der Waals surface area contributed by atoms with Gasteiger partial charge in [0, 0.05) is 23.5 Å². The quantitative estimate of drug-likeness (QED) is 0.217. The minimum Gasteiger partial charge on any atom is -0.478 e. The highest BCUT2D eigenvalue weighted by Gasteiger charge is 2.20. The van der Waals surface area contributed by atoms with Gasteiger partial charge < -0.3 is 13.7 Å². The maximum atomic E-state index is 13.8. The molecule has 0 aliphatic carbocycles. The first-order chi connectivity index (χ1) is 16.3. The van der Waals surface area contributed by atoms with Crippen LogP contribution in [0, 0.1) is 25.5 Å². The highest BCUT2D eigenvalue weighted by atomic mass is 32.2. The van der Waals surface area contributed by atoms with E-state index in [9.17, 15) is 13.6 Å². The molecule has 1 atom stereocenters. The van der Waals surface area contributed by atoms with Crippen LogP contribution in [0.25, 0.3) is 0 Å². The van der Waals surface area contributed by atoms with Crippen molar-refractivity contribution >= 4 is 17.5 Å². The van der Waals surface area contributed by atoms with Gasteiger partial charge in [0.1, 0.15) is 5.82 Å². The number of rotatable bonds is 9. The molecule has 0 bridgehead atoms. The molecule has 34 heavy (non-hydrogen) atoms.